The Labute approximate surface area is 260 Å². The van der Waals surface area contributed by atoms with Crippen LogP contribution in [0.15, 0.2) is 69.3 Å². The fraction of sp³-hybridized carbons (Fsp3) is 0.333. The molecule has 0 spiro atoms. The van der Waals surface area contributed by atoms with Crippen molar-refractivity contribution in [2.75, 3.05) is 39.3 Å². The van der Waals surface area contributed by atoms with Crippen LogP contribution in [-0.4, -0.2) is 108 Å². The van der Waals surface area contributed by atoms with E-state index in [1.807, 2.05) is 14.7 Å². The van der Waals surface area contributed by atoms with Crippen LogP contribution in [-0.2, 0) is 50.0 Å². The SMILES string of the molecule is O=S(=O)([O-])c1ccc(O)c(CN2CCN(Cc3cc(S(=O)(=O)[O-])ccc3O)CCN(Cc3cc(S(=O)(=O)[O-])ccc3O)CC2)c1. The molecule has 1 saturated heterocycles. The third-order valence-corrected chi connectivity index (χ3v) is 9.89. The lowest BCUT2D eigenvalue weighted by Gasteiger charge is -2.26. The van der Waals surface area contributed by atoms with Crippen LogP contribution in [0.3, 0.4) is 0 Å². The average Bonchev–Trinajstić information content (AvgIpc) is 3.02. The molecule has 0 aliphatic carbocycles. The minimum Gasteiger partial charge on any atom is -0.744 e. The Hall–Kier alpha value is -3.33. The van der Waals surface area contributed by atoms with Crippen molar-refractivity contribution in [1.29, 1.82) is 0 Å². The van der Waals surface area contributed by atoms with E-state index in [9.17, 15) is 54.2 Å². The number of hydrogen-bond acceptors (Lipinski definition) is 15. The van der Waals surface area contributed by atoms with Crippen molar-refractivity contribution in [1.82, 2.24) is 14.7 Å². The minimum absolute atomic E-state index is 0.0151. The van der Waals surface area contributed by atoms with Gasteiger partial charge in [-0.3, -0.25) is 14.7 Å². The zero-order valence-electron chi connectivity index (χ0n) is 23.6. The summed E-state index contributed by atoms with van der Waals surface area (Å²) in [4.78, 5) is 3.98. The van der Waals surface area contributed by atoms with Gasteiger partial charge in [0, 0.05) is 75.6 Å². The Balaban J connectivity index is 1.64. The summed E-state index contributed by atoms with van der Waals surface area (Å²) in [5.74, 6) is -0.716. The zero-order valence-corrected chi connectivity index (χ0v) is 26.1. The summed E-state index contributed by atoms with van der Waals surface area (Å²) in [5, 5.41) is 31.2. The van der Waals surface area contributed by atoms with Crippen LogP contribution in [0.25, 0.3) is 0 Å². The summed E-state index contributed by atoms with van der Waals surface area (Å²) in [6.07, 6.45) is 0. The summed E-state index contributed by atoms with van der Waals surface area (Å²) in [6.45, 7) is 1.94. The Morgan fingerprint density at radius 2 is 0.689 bits per heavy atom. The minimum atomic E-state index is -4.80. The number of nitrogens with zero attached hydrogens (tertiary/aromatic N) is 3. The Kier molecular flexibility index (Phi) is 10.4. The molecule has 3 N–H and O–H groups in total. The number of aromatic hydroxyl groups is 3. The van der Waals surface area contributed by atoms with Crippen LogP contribution in [0.2, 0.25) is 0 Å². The van der Waals surface area contributed by atoms with Crippen molar-refractivity contribution in [2.24, 2.45) is 0 Å². The van der Waals surface area contributed by atoms with Gasteiger partial charge in [0.05, 0.1) is 14.7 Å². The molecule has 0 bridgehead atoms. The lowest BCUT2D eigenvalue weighted by molar-refractivity contribution is 0.206. The molecule has 0 radical (unpaired) electrons. The predicted octanol–water partition coefficient (Wildman–Crippen LogP) is 0.336. The van der Waals surface area contributed by atoms with E-state index in [0.29, 0.717) is 39.3 Å². The second kappa shape index (κ2) is 13.6. The summed E-state index contributed by atoms with van der Waals surface area (Å²) in [5.41, 5.74) is 0.504. The standard InChI is InChI=1S/C27H33N3O12S3/c31-25-4-1-22(43(34,35)36)13-19(25)16-28-7-9-29(17-20-14-23(44(37,38)39)2-5-26(20)32)11-12-30(10-8-28)18-21-15-24(45(40,41)42)3-6-27(21)33/h1-6,13-15,31-33H,7-12,16-18H2,(H,34,35,36)(H,37,38,39)(H,40,41,42)/p-3. The van der Waals surface area contributed by atoms with Crippen LogP contribution in [0.4, 0.5) is 0 Å². The van der Waals surface area contributed by atoms with Gasteiger partial charge in [-0.25, -0.2) is 25.3 Å². The molecule has 1 heterocycles. The monoisotopic (exact) mass is 684 g/mol. The van der Waals surface area contributed by atoms with Crippen LogP contribution in [0.5, 0.6) is 17.2 Å². The van der Waals surface area contributed by atoms with Crippen molar-refractivity contribution in [2.45, 2.75) is 34.3 Å². The third-order valence-electron chi connectivity index (χ3n) is 7.40. The average molecular weight is 685 g/mol. The van der Waals surface area contributed by atoms with Crippen LogP contribution in [0, 0.1) is 0 Å². The number of phenolic OH excluding ortho intramolecular Hbond substituents is 3. The first-order chi connectivity index (χ1) is 20.9. The van der Waals surface area contributed by atoms with Crippen LogP contribution < -0.4 is 0 Å². The predicted molar refractivity (Wildman–Crippen MR) is 154 cm³/mol. The molecule has 45 heavy (non-hydrogen) atoms. The maximum atomic E-state index is 11.6. The summed E-state index contributed by atoms with van der Waals surface area (Å²) in [6, 6.07) is 9.55. The molecular weight excluding hydrogens is 655 g/mol. The molecule has 246 valence electrons. The van der Waals surface area contributed by atoms with Gasteiger partial charge >= 0.3 is 0 Å². The van der Waals surface area contributed by atoms with E-state index in [-0.39, 0.29) is 53.6 Å². The molecule has 18 heteroatoms. The lowest BCUT2D eigenvalue weighted by Crippen LogP contribution is -2.35. The smallest absolute Gasteiger partial charge is 0.124 e. The van der Waals surface area contributed by atoms with E-state index in [4.69, 9.17) is 0 Å². The van der Waals surface area contributed by atoms with Crippen molar-refractivity contribution >= 4 is 30.4 Å². The van der Waals surface area contributed by atoms with Crippen molar-refractivity contribution in [3.05, 3.63) is 71.3 Å². The largest absolute Gasteiger partial charge is 0.744 e. The number of hydrogen-bond donors (Lipinski definition) is 3. The maximum Gasteiger partial charge on any atom is 0.124 e. The molecule has 0 saturated carbocycles. The first kappa shape index (κ1) is 34.5. The van der Waals surface area contributed by atoms with E-state index in [2.05, 4.69) is 0 Å². The van der Waals surface area contributed by atoms with E-state index in [1.165, 1.54) is 0 Å². The number of rotatable bonds is 9. The molecule has 3 aromatic carbocycles. The second-order valence-corrected chi connectivity index (χ2v) is 14.7. The molecule has 0 atom stereocenters. The topological polar surface area (TPSA) is 242 Å². The van der Waals surface area contributed by atoms with Crippen molar-refractivity contribution in [3.8, 4) is 17.2 Å². The van der Waals surface area contributed by atoms with Crippen LogP contribution in [0.1, 0.15) is 16.7 Å². The van der Waals surface area contributed by atoms with Gasteiger partial charge in [0.2, 0.25) is 0 Å². The van der Waals surface area contributed by atoms with Gasteiger partial charge in [-0.1, -0.05) is 0 Å². The summed E-state index contributed by atoms with van der Waals surface area (Å²) < 4.78 is 104. The highest BCUT2D eigenvalue weighted by molar-refractivity contribution is 7.86. The van der Waals surface area contributed by atoms with E-state index in [1.54, 1.807) is 0 Å². The normalized spacial score (nSPS) is 16.6. The quantitative estimate of drug-likeness (QED) is 0.257. The maximum absolute atomic E-state index is 11.6. The molecular formula is C27H30N3O12S3-3. The Morgan fingerprint density at radius 1 is 0.467 bits per heavy atom. The lowest BCUT2D eigenvalue weighted by atomic mass is 10.1. The fourth-order valence-electron chi connectivity index (χ4n) is 4.91. The molecule has 0 unspecified atom stereocenters. The number of benzene rings is 3. The molecule has 1 fully saturated rings. The van der Waals surface area contributed by atoms with Crippen LogP contribution >= 0.6 is 0 Å². The zero-order chi connectivity index (χ0) is 33.2. The molecule has 0 amide bonds. The molecule has 4 rings (SSSR count). The van der Waals surface area contributed by atoms with Crippen molar-refractivity contribution < 1.29 is 54.2 Å². The van der Waals surface area contributed by atoms with E-state index >= 15 is 0 Å². The van der Waals surface area contributed by atoms with Gasteiger partial charge < -0.3 is 29.0 Å². The molecule has 3 aromatic rings. The first-order valence-corrected chi connectivity index (χ1v) is 17.6. The van der Waals surface area contributed by atoms with Crippen molar-refractivity contribution in [3.63, 3.8) is 0 Å². The highest BCUT2D eigenvalue weighted by atomic mass is 32.2. The second-order valence-electron chi connectivity index (χ2n) is 10.6. The number of phenols is 3. The van der Waals surface area contributed by atoms with Gasteiger partial charge in [0.25, 0.3) is 0 Å². The van der Waals surface area contributed by atoms with Gasteiger partial charge in [-0.2, -0.15) is 0 Å². The highest BCUT2D eigenvalue weighted by Gasteiger charge is 2.21. The van der Waals surface area contributed by atoms with E-state index in [0.717, 1.165) is 54.6 Å². The molecule has 1 aliphatic rings. The molecule has 0 aromatic heterocycles. The van der Waals surface area contributed by atoms with Gasteiger partial charge in [0.1, 0.15) is 47.6 Å². The van der Waals surface area contributed by atoms with Gasteiger partial charge in [-0.05, 0) is 54.6 Å². The third kappa shape index (κ3) is 9.35. The Bertz CT molecular complexity index is 1650. The fourth-order valence-corrected chi connectivity index (χ4v) is 6.48. The summed E-state index contributed by atoms with van der Waals surface area (Å²) in [7, 11) is -14.4. The Morgan fingerprint density at radius 3 is 0.889 bits per heavy atom. The van der Waals surface area contributed by atoms with Gasteiger partial charge in [0.15, 0.2) is 0 Å². The molecule has 1 aliphatic heterocycles. The highest BCUT2D eigenvalue weighted by Crippen LogP contribution is 2.26. The summed E-state index contributed by atoms with van der Waals surface area (Å²) >= 11 is 0. The molecule has 15 nitrogen and oxygen atoms in total. The van der Waals surface area contributed by atoms with E-state index < -0.39 is 45.0 Å². The van der Waals surface area contributed by atoms with Gasteiger partial charge in [-0.15, -0.1) is 0 Å². The first-order valence-electron chi connectivity index (χ1n) is 13.4.